The maximum atomic E-state index is 14.0. The Morgan fingerprint density at radius 3 is 2.43 bits per heavy atom. The largest absolute Gasteiger partial charge is 0.493 e. The molecular weight excluding hydrogens is 405 g/mol. The molecule has 0 spiro atoms. The summed E-state index contributed by atoms with van der Waals surface area (Å²) in [4.78, 5) is 12.7. The fraction of sp³-hybridized carbons (Fsp3) is 0.381. The van der Waals surface area contributed by atoms with E-state index in [9.17, 15) is 18.0 Å². The van der Waals surface area contributed by atoms with Crippen LogP contribution in [0.1, 0.15) is 18.1 Å². The first-order valence-corrected chi connectivity index (χ1v) is 9.08. The molecule has 0 bridgehead atoms. The third kappa shape index (κ3) is 3.89. The zero-order chi connectivity index (χ0) is 21.9. The molecule has 0 aromatic heterocycles. The summed E-state index contributed by atoms with van der Waals surface area (Å²) in [5.74, 6) is -0.215. The normalized spacial score (nSPS) is 15.9. The van der Waals surface area contributed by atoms with E-state index < -0.39 is 23.9 Å². The van der Waals surface area contributed by atoms with Crippen LogP contribution in [-0.2, 0) is 26.3 Å². The van der Waals surface area contributed by atoms with Gasteiger partial charge in [0.25, 0.3) is 5.60 Å². The number of benzene rings is 2. The Morgan fingerprint density at radius 2 is 1.83 bits per heavy atom. The molecule has 2 unspecified atom stereocenters. The summed E-state index contributed by atoms with van der Waals surface area (Å²) in [5, 5.41) is 0. The van der Waals surface area contributed by atoms with Crippen molar-refractivity contribution >= 4 is 5.97 Å². The van der Waals surface area contributed by atoms with E-state index in [1.807, 2.05) is 0 Å². The smallest absolute Gasteiger partial charge is 0.432 e. The van der Waals surface area contributed by atoms with Gasteiger partial charge in [-0.2, -0.15) is 13.2 Å². The van der Waals surface area contributed by atoms with E-state index in [4.69, 9.17) is 23.7 Å². The number of alkyl halides is 3. The molecule has 0 amide bonds. The van der Waals surface area contributed by atoms with Crippen LogP contribution in [0.5, 0.6) is 17.2 Å². The lowest BCUT2D eigenvalue weighted by molar-refractivity contribution is -0.278. The Bertz CT molecular complexity index is 900. The van der Waals surface area contributed by atoms with Crippen molar-refractivity contribution in [2.45, 2.75) is 31.2 Å². The van der Waals surface area contributed by atoms with Gasteiger partial charge in [-0.15, -0.1) is 0 Å². The summed E-state index contributed by atoms with van der Waals surface area (Å²) in [6.07, 6.45) is -5.78. The summed E-state index contributed by atoms with van der Waals surface area (Å²) < 4.78 is 67.7. The molecule has 9 heteroatoms. The molecule has 0 N–H and O–H groups in total. The van der Waals surface area contributed by atoms with Crippen molar-refractivity contribution in [3.8, 4) is 17.2 Å². The van der Waals surface area contributed by atoms with Crippen molar-refractivity contribution in [1.82, 2.24) is 0 Å². The second-order valence-electron chi connectivity index (χ2n) is 6.70. The first kappa shape index (κ1) is 21.8. The summed E-state index contributed by atoms with van der Waals surface area (Å²) >= 11 is 0. The molecule has 2 aromatic rings. The van der Waals surface area contributed by atoms with Crippen LogP contribution in [0.3, 0.4) is 0 Å². The number of ether oxygens (including phenoxy) is 5. The Kier molecular flexibility index (Phi) is 6.12. The van der Waals surface area contributed by atoms with Gasteiger partial charge in [0, 0.05) is 19.1 Å². The quantitative estimate of drug-likeness (QED) is 0.624. The van der Waals surface area contributed by atoms with Crippen molar-refractivity contribution in [2.75, 3.05) is 21.0 Å². The van der Waals surface area contributed by atoms with Crippen molar-refractivity contribution in [2.24, 2.45) is 0 Å². The zero-order valence-corrected chi connectivity index (χ0v) is 16.6. The molecule has 162 valence electrons. The Labute approximate surface area is 171 Å². The van der Waals surface area contributed by atoms with Crippen LogP contribution >= 0.6 is 0 Å². The highest BCUT2D eigenvalue weighted by atomic mass is 19.4. The van der Waals surface area contributed by atoms with Gasteiger partial charge in [0.05, 0.1) is 7.11 Å². The van der Waals surface area contributed by atoms with Gasteiger partial charge in [0.15, 0.2) is 11.5 Å². The molecule has 2 atom stereocenters. The van der Waals surface area contributed by atoms with Crippen LogP contribution in [-0.4, -0.2) is 39.3 Å². The summed E-state index contributed by atoms with van der Waals surface area (Å²) in [5.41, 5.74) is -2.94. The molecule has 6 nitrogen and oxygen atoms in total. The molecule has 0 saturated heterocycles. The second-order valence-corrected chi connectivity index (χ2v) is 6.70. The first-order valence-electron chi connectivity index (χ1n) is 9.08. The molecule has 1 aliphatic heterocycles. The van der Waals surface area contributed by atoms with Gasteiger partial charge in [0.1, 0.15) is 6.10 Å². The molecule has 2 aromatic carbocycles. The third-order valence-corrected chi connectivity index (χ3v) is 4.72. The van der Waals surface area contributed by atoms with E-state index in [2.05, 4.69) is 0 Å². The monoisotopic (exact) mass is 426 g/mol. The standard InChI is InChI=1S/C21H21F3O6/c1-13(9-14-10-16(26-2)18-17(11-14)28-12-29-18)30-19(25)20(27-3,21(22,23)24)15-7-5-4-6-8-15/h4-8,10-11,13H,9,12H2,1-3H3. The first-order chi connectivity index (χ1) is 14.2. The van der Waals surface area contributed by atoms with E-state index in [1.165, 1.54) is 38.3 Å². The van der Waals surface area contributed by atoms with Crippen LogP contribution in [0.25, 0.3) is 0 Å². The van der Waals surface area contributed by atoms with Gasteiger partial charge in [-0.25, -0.2) is 4.79 Å². The summed E-state index contributed by atoms with van der Waals surface area (Å²) in [7, 11) is 2.29. The van der Waals surface area contributed by atoms with E-state index in [-0.39, 0.29) is 18.8 Å². The minimum atomic E-state index is -5.03. The fourth-order valence-electron chi connectivity index (χ4n) is 3.33. The average Bonchev–Trinajstić information content (AvgIpc) is 3.16. The Balaban J connectivity index is 1.83. The van der Waals surface area contributed by atoms with Crippen LogP contribution in [0, 0.1) is 0 Å². The van der Waals surface area contributed by atoms with Gasteiger partial charge < -0.3 is 23.7 Å². The minimum absolute atomic E-state index is 0.0404. The lowest BCUT2D eigenvalue weighted by Crippen LogP contribution is -2.52. The number of fused-ring (bicyclic) bond motifs is 1. The molecule has 0 fully saturated rings. The van der Waals surface area contributed by atoms with Gasteiger partial charge in [-0.1, -0.05) is 30.3 Å². The molecular formula is C21H21F3O6. The number of halogens is 3. The Morgan fingerprint density at radius 1 is 1.13 bits per heavy atom. The average molecular weight is 426 g/mol. The number of carbonyl (C=O) groups is 1. The predicted octanol–water partition coefficient (Wildman–Crippen LogP) is 4.00. The lowest BCUT2D eigenvalue weighted by Gasteiger charge is -2.33. The van der Waals surface area contributed by atoms with Crippen molar-refractivity contribution in [3.05, 3.63) is 53.6 Å². The number of carbonyl (C=O) groups excluding carboxylic acids is 1. The molecule has 3 rings (SSSR count). The van der Waals surface area contributed by atoms with Crippen molar-refractivity contribution in [3.63, 3.8) is 0 Å². The third-order valence-electron chi connectivity index (χ3n) is 4.72. The van der Waals surface area contributed by atoms with E-state index in [1.54, 1.807) is 18.2 Å². The molecule has 30 heavy (non-hydrogen) atoms. The van der Waals surface area contributed by atoms with Gasteiger partial charge in [0.2, 0.25) is 12.5 Å². The van der Waals surface area contributed by atoms with Gasteiger partial charge in [-0.05, 0) is 24.6 Å². The van der Waals surface area contributed by atoms with E-state index in [0.717, 1.165) is 7.11 Å². The number of methoxy groups -OCH3 is 2. The summed E-state index contributed by atoms with van der Waals surface area (Å²) in [6.45, 7) is 1.54. The maximum absolute atomic E-state index is 14.0. The predicted molar refractivity (Wildman–Crippen MR) is 99.6 cm³/mol. The number of hydrogen-bond donors (Lipinski definition) is 0. The number of hydrogen-bond acceptors (Lipinski definition) is 6. The van der Waals surface area contributed by atoms with E-state index >= 15 is 0 Å². The van der Waals surface area contributed by atoms with E-state index in [0.29, 0.717) is 22.8 Å². The minimum Gasteiger partial charge on any atom is -0.493 e. The molecule has 0 radical (unpaired) electrons. The van der Waals surface area contributed by atoms with Gasteiger partial charge in [-0.3, -0.25) is 0 Å². The summed E-state index contributed by atoms with van der Waals surface area (Å²) in [6, 6.07) is 10.00. The van der Waals surface area contributed by atoms with Gasteiger partial charge >= 0.3 is 12.1 Å². The number of esters is 1. The molecule has 0 saturated carbocycles. The van der Waals surface area contributed by atoms with Crippen LogP contribution in [0.15, 0.2) is 42.5 Å². The lowest BCUT2D eigenvalue weighted by atomic mass is 9.92. The fourth-order valence-corrected chi connectivity index (χ4v) is 3.33. The van der Waals surface area contributed by atoms with Crippen LogP contribution in [0.2, 0.25) is 0 Å². The van der Waals surface area contributed by atoms with Crippen LogP contribution in [0.4, 0.5) is 13.2 Å². The highest BCUT2D eigenvalue weighted by Gasteiger charge is 2.64. The highest BCUT2D eigenvalue weighted by Crippen LogP contribution is 2.44. The molecule has 1 heterocycles. The maximum Gasteiger partial charge on any atom is 0.432 e. The van der Waals surface area contributed by atoms with Crippen LogP contribution < -0.4 is 14.2 Å². The Hall–Kier alpha value is -2.94. The molecule has 1 aliphatic rings. The van der Waals surface area contributed by atoms with Crippen molar-refractivity contribution < 1.29 is 41.7 Å². The highest BCUT2D eigenvalue weighted by molar-refractivity contribution is 5.82. The molecule has 0 aliphatic carbocycles. The topological polar surface area (TPSA) is 63.2 Å². The zero-order valence-electron chi connectivity index (χ0n) is 16.6. The SMILES string of the molecule is COc1cc(CC(C)OC(=O)C(OC)(c2ccccc2)C(F)(F)F)cc2c1OCO2. The second kappa shape index (κ2) is 8.43. The van der Waals surface area contributed by atoms with Crippen molar-refractivity contribution in [1.29, 1.82) is 0 Å². The number of rotatable bonds is 7.